The third-order valence-electron chi connectivity index (χ3n) is 3.49. The van der Waals surface area contributed by atoms with Crippen LogP contribution in [0.1, 0.15) is 12.8 Å². The van der Waals surface area contributed by atoms with Gasteiger partial charge in [0.25, 0.3) is 0 Å². The molecule has 0 spiro atoms. The number of hydrogen-bond acceptors (Lipinski definition) is 4. The highest BCUT2D eigenvalue weighted by Crippen LogP contribution is 2.20. The van der Waals surface area contributed by atoms with Crippen molar-refractivity contribution in [2.45, 2.75) is 12.8 Å². The molecule has 0 atom stereocenters. The number of ether oxygens (including phenoxy) is 2. The van der Waals surface area contributed by atoms with E-state index in [0.717, 1.165) is 41.6 Å². The highest BCUT2D eigenvalue weighted by atomic mass is 79.9. The molecule has 3 rings (SSSR count). The van der Waals surface area contributed by atoms with Crippen LogP contribution in [0.15, 0.2) is 22.7 Å². The number of amides is 1. The molecule has 1 aliphatic rings. The number of imidazole rings is 1. The second-order valence-corrected chi connectivity index (χ2v) is 5.95. The number of aromatic nitrogens is 2. The van der Waals surface area contributed by atoms with Crippen LogP contribution in [0.4, 0.5) is 4.79 Å². The van der Waals surface area contributed by atoms with Crippen molar-refractivity contribution in [2.24, 2.45) is 5.92 Å². The Balaban J connectivity index is 1.55. The van der Waals surface area contributed by atoms with Gasteiger partial charge in [-0.15, -0.1) is 0 Å². The number of fused-ring (bicyclic) bond motifs is 1. The predicted molar refractivity (Wildman–Crippen MR) is 81.4 cm³/mol. The average Bonchev–Trinajstić information content (AvgIpc) is 2.87. The van der Waals surface area contributed by atoms with Crippen molar-refractivity contribution in [3.63, 3.8) is 0 Å². The van der Waals surface area contributed by atoms with Crippen molar-refractivity contribution in [1.82, 2.24) is 15.3 Å². The molecule has 1 fully saturated rings. The first-order valence-corrected chi connectivity index (χ1v) is 7.69. The zero-order valence-electron chi connectivity index (χ0n) is 11.4. The number of hydrogen-bond donors (Lipinski definition) is 2. The van der Waals surface area contributed by atoms with Crippen molar-refractivity contribution in [1.29, 1.82) is 0 Å². The fourth-order valence-electron chi connectivity index (χ4n) is 2.31. The molecule has 0 bridgehead atoms. The second-order valence-electron chi connectivity index (χ2n) is 5.03. The van der Waals surface area contributed by atoms with E-state index in [9.17, 15) is 4.79 Å². The lowest BCUT2D eigenvalue weighted by atomic mass is 10.0. The van der Waals surface area contributed by atoms with Gasteiger partial charge in [-0.1, -0.05) is 15.9 Å². The van der Waals surface area contributed by atoms with Crippen LogP contribution in [0.2, 0.25) is 0 Å². The minimum atomic E-state index is -0.486. The highest BCUT2D eigenvalue weighted by molar-refractivity contribution is 9.10. The van der Waals surface area contributed by atoms with E-state index >= 15 is 0 Å². The normalized spacial score (nSPS) is 16.0. The van der Waals surface area contributed by atoms with Crippen LogP contribution in [0.25, 0.3) is 11.0 Å². The van der Waals surface area contributed by atoms with E-state index in [-0.39, 0.29) is 6.01 Å². The summed E-state index contributed by atoms with van der Waals surface area (Å²) in [5.74, 6) is 0.456. The lowest BCUT2D eigenvalue weighted by molar-refractivity contribution is 0.0662. The molecule has 0 saturated carbocycles. The third-order valence-corrected chi connectivity index (χ3v) is 3.98. The van der Waals surface area contributed by atoms with Crippen molar-refractivity contribution >= 4 is 33.1 Å². The summed E-state index contributed by atoms with van der Waals surface area (Å²) in [5, 5.41) is 2.77. The number of carbonyl (C=O) groups excluding carboxylic acids is 1. The number of H-pyrrole nitrogens is 1. The second kappa shape index (κ2) is 6.44. The summed E-state index contributed by atoms with van der Waals surface area (Å²) >= 11 is 3.38. The van der Waals surface area contributed by atoms with E-state index in [1.807, 2.05) is 18.2 Å². The Hall–Kier alpha value is -1.60. The molecule has 0 radical (unpaired) electrons. The van der Waals surface area contributed by atoms with Crippen molar-refractivity contribution in [3.05, 3.63) is 22.7 Å². The molecular formula is C14H16BrN3O3. The maximum Gasteiger partial charge on any atom is 0.415 e. The third kappa shape index (κ3) is 3.74. The largest absolute Gasteiger partial charge is 0.415 e. The number of carbonyl (C=O) groups is 1. The van der Waals surface area contributed by atoms with Gasteiger partial charge in [-0.25, -0.2) is 4.79 Å². The van der Waals surface area contributed by atoms with Crippen molar-refractivity contribution < 1.29 is 14.3 Å². The summed E-state index contributed by atoms with van der Waals surface area (Å²) in [6.45, 7) is 2.13. The van der Waals surface area contributed by atoms with E-state index in [1.54, 1.807) is 0 Å². The van der Waals surface area contributed by atoms with Gasteiger partial charge in [-0.2, -0.15) is 4.98 Å². The molecule has 0 aliphatic carbocycles. The Labute approximate surface area is 130 Å². The first-order valence-electron chi connectivity index (χ1n) is 6.89. The lowest BCUT2D eigenvalue weighted by Crippen LogP contribution is -2.34. The average molecular weight is 354 g/mol. The summed E-state index contributed by atoms with van der Waals surface area (Å²) in [6, 6.07) is 5.82. The first-order chi connectivity index (χ1) is 10.2. The molecule has 1 saturated heterocycles. The maximum absolute atomic E-state index is 11.8. The first kappa shape index (κ1) is 14.3. The number of rotatable bonds is 3. The molecule has 112 valence electrons. The number of aromatic amines is 1. The van der Waals surface area contributed by atoms with Crippen LogP contribution in [-0.2, 0) is 4.74 Å². The van der Waals surface area contributed by atoms with Crippen LogP contribution < -0.4 is 10.1 Å². The molecule has 0 unspecified atom stereocenters. The molecule has 1 aromatic heterocycles. The van der Waals surface area contributed by atoms with Gasteiger partial charge < -0.3 is 19.8 Å². The van der Waals surface area contributed by atoms with E-state index in [4.69, 9.17) is 9.47 Å². The van der Waals surface area contributed by atoms with Gasteiger partial charge in [0.15, 0.2) is 0 Å². The molecule has 7 heteroatoms. The van der Waals surface area contributed by atoms with E-state index < -0.39 is 6.09 Å². The van der Waals surface area contributed by atoms with Gasteiger partial charge in [-0.05, 0) is 37.0 Å². The molecule has 2 N–H and O–H groups in total. The molecule has 2 heterocycles. The Kier molecular flexibility index (Phi) is 4.40. The topological polar surface area (TPSA) is 76.2 Å². The molecule has 21 heavy (non-hydrogen) atoms. The van der Waals surface area contributed by atoms with Crippen LogP contribution in [0.5, 0.6) is 6.01 Å². The predicted octanol–water partition coefficient (Wildman–Crippen LogP) is 2.84. The summed E-state index contributed by atoms with van der Waals surface area (Å²) in [6.07, 6.45) is 1.46. The van der Waals surface area contributed by atoms with Crippen LogP contribution in [0, 0.1) is 5.92 Å². The highest BCUT2D eigenvalue weighted by Gasteiger charge is 2.16. The molecule has 6 nitrogen and oxygen atoms in total. The monoisotopic (exact) mass is 353 g/mol. The quantitative estimate of drug-likeness (QED) is 0.889. The van der Waals surface area contributed by atoms with Crippen molar-refractivity contribution in [2.75, 3.05) is 19.8 Å². The zero-order chi connectivity index (χ0) is 14.7. The van der Waals surface area contributed by atoms with Gasteiger partial charge in [-0.3, -0.25) is 0 Å². The van der Waals surface area contributed by atoms with E-state index in [1.165, 1.54) is 0 Å². The molecule has 1 aliphatic heterocycles. The van der Waals surface area contributed by atoms with Crippen LogP contribution in [-0.4, -0.2) is 35.8 Å². The Morgan fingerprint density at radius 1 is 1.48 bits per heavy atom. The SMILES string of the molecule is O=C(NCC1CCOCC1)Oc1nc2ccc(Br)cc2[nH]1. The summed E-state index contributed by atoms with van der Waals surface area (Å²) in [5.41, 5.74) is 1.57. The van der Waals surface area contributed by atoms with Gasteiger partial charge in [0.2, 0.25) is 0 Å². The lowest BCUT2D eigenvalue weighted by Gasteiger charge is -2.21. The molecule has 1 aromatic carbocycles. The Bertz CT molecular complexity index is 637. The van der Waals surface area contributed by atoms with E-state index in [0.29, 0.717) is 12.5 Å². The molecule has 1 amide bonds. The molecule has 2 aromatic rings. The van der Waals surface area contributed by atoms with Gasteiger partial charge in [0.1, 0.15) is 0 Å². The number of nitrogens with zero attached hydrogens (tertiary/aromatic N) is 1. The summed E-state index contributed by atoms with van der Waals surface area (Å²) in [4.78, 5) is 18.9. The standard InChI is InChI=1S/C14H16BrN3O3/c15-10-1-2-11-12(7-10)18-13(17-11)21-14(19)16-8-9-3-5-20-6-4-9/h1-2,7,9H,3-6,8H2,(H,16,19)(H,17,18). The minimum Gasteiger partial charge on any atom is -0.381 e. The Morgan fingerprint density at radius 2 is 2.29 bits per heavy atom. The smallest absolute Gasteiger partial charge is 0.381 e. The zero-order valence-corrected chi connectivity index (χ0v) is 13.0. The van der Waals surface area contributed by atoms with Crippen LogP contribution in [0.3, 0.4) is 0 Å². The Morgan fingerprint density at radius 3 is 3.10 bits per heavy atom. The maximum atomic E-state index is 11.8. The number of halogens is 1. The van der Waals surface area contributed by atoms with Crippen molar-refractivity contribution in [3.8, 4) is 6.01 Å². The van der Waals surface area contributed by atoms with E-state index in [2.05, 4.69) is 31.2 Å². The summed E-state index contributed by atoms with van der Waals surface area (Å²) < 4.78 is 11.4. The van der Waals surface area contributed by atoms with Gasteiger partial charge in [0.05, 0.1) is 11.0 Å². The number of benzene rings is 1. The summed E-state index contributed by atoms with van der Waals surface area (Å²) in [7, 11) is 0. The van der Waals surface area contributed by atoms with Crippen LogP contribution >= 0.6 is 15.9 Å². The van der Waals surface area contributed by atoms with Gasteiger partial charge in [0, 0.05) is 24.2 Å². The fraction of sp³-hybridized carbons (Fsp3) is 0.429. The fourth-order valence-corrected chi connectivity index (χ4v) is 2.67. The number of nitrogens with one attached hydrogen (secondary N) is 2. The molecular weight excluding hydrogens is 338 g/mol. The van der Waals surface area contributed by atoms with Gasteiger partial charge >= 0.3 is 12.1 Å². The minimum absolute atomic E-state index is 0.201.